The number of aromatic nitrogens is 3. The fourth-order valence-corrected chi connectivity index (χ4v) is 7.51. The molecule has 42 heavy (non-hydrogen) atoms. The van der Waals surface area contributed by atoms with Gasteiger partial charge in [0.1, 0.15) is 0 Å². The zero-order chi connectivity index (χ0) is 27.6. The molecule has 0 saturated carbocycles. The van der Waals surface area contributed by atoms with E-state index in [9.17, 15) is 0 Å². The van der Waals surface area contributed by atoms with Gasteiger partial charge in [-0.3, -0.25) is 0 Å². The predicted octanol–water partition coefficient (Wildman–Crippen LogP) is 10.4. The molecular weight excluding hydrogens is 531 g/mol. The second kappa shape index (κ2) is 9.10. The second-order valence-electron chi connectivity index (χ2n) is 10.6. The van der Waals surface area contributed by atoms with Gasteiger partial charge in [-0.1, -0.05) is 103 Å². The van der Waals surface area contributed by atoms with Crippen molar-refractivity contribution < 1.29 is 0 Å². The molecule has 0 aliphatic heterocycles. The minimum atomic E-state index is 0.742. The summed E-state index contributed by atoms with van der Waals surface area (Å²) in [4.78, 5) is 10.5. The van der Waals surface area contributed by atoms with E-state index in [1.165, 1.54) is 42.0 Å². The molecule has 0 unspecified atom stereocenters. The highest BCUT2D eigenvalue weighted by Crippen LogP contribution is 2.43. The second-order valence-corrected chi connectivity index (χ2v) is 11.7. The van der Waals surface area contributed by atoms with Crippen LogP contribution < -0.4 is 0 Å². The topological polar surface area (TPSA) is 30.7 Å². The van der Waals surface area contributed by atoms with Crippen molar-refractivity contribution in [2.75, 3.05) is 0 Å². The molecule has 0 bridgehead atoms. The summed E-state index contributed by atoms with van der Waals surface area (Å²) in [5.41, 5.74) is 7.51. The Balaban J connectivity index is 1.42. The summed E-state index contributed by atoms with van der Waals surface area (Å²) in [5.74, 6) is 0.742. The first-order valence-corrected chi connectivity index (χ1v) is 14.9. The largest absolute Gasteiger partial charge is 0.309 e. The number of rotatable bonds is 3. The SMILES string of the molecule is c1ccc(-c2nc(-c3cc(-n4c5ccccc5c5ccccc54)cc4c3sc3ccccc34)nc3ccccc23)cc1. The molecule has 0 amide bonds. The first kappa shape index (κ1) is 23.4. The third kappa shape index (κ3) is 3.46. The van der Waals surface area contributed by atoms with Gasteiger partial charge in [-0.25, -0.2) is 9.97 Å². The quantitative estimate of drug-likeness (QED) is 0.218. The van der Waals surface area contributed by atoms with Crippen molar-refractivity contribution >= 4 is 64.2 Å². The predicted molar refractivity (Wildman–Crippen MR) is 178 cm³/mol. The van der Waals surface area contributed by atoms with E-state index >= 15 is 0 Å². The first-order valence-electron chi connectivity index (χ1n) is 14.1. The molecular formula is C38H23N3S. The average molecular weight is 554 g/mol. The third-order valence-corrected chi connectivity index (χ3v) is 9.41. The Morgan fingerprint density at radius 2 is 1.12 bits per heavy atom. The van der Waals surface area contributed by atoms with Crippen LogP contribution in [0.25, 0.3) is 81.2 Å². The number of nitrogens with zero attached hydrogens (tertiary/aromatic N) is 3. The third-order valence-electron chi connectivity index (χ3n) is 8.19. The number of hydrogen-bond donors (Lipinski definition) is 0. The van der Waals surface area contributed by atoms with Crippen LogP contribution in [-0.2, 0) is 0 Å². The van der Waals surface area contributed by atoms with Gasteiger partial charge < -0.3 is 4.57 Å². The molecule has 3 heterocycles. The van der Waals surface area contributed by atoms with Gasteiger partial charge >= 0.3 is 0 Å². The van der Waals surface area contributed by atoms with Crippen LogP contribution in [0.1, 0.15) is 0 Å². The summed E-state index contributed by atoms with van der Waals surface area (Å²) in [6.07, 6.45) is 0. The fourth-order valence-electron chi connectivity index (χ4n) is 6.32. The summed E-state index contributed by atoms with van der Waals surface area (Å²) >= 11 is 1.81. The van der Waals surface area contributed by atoms with Crippen LogP contribution in [0.4, 0.5) is 0 Å². The smallest absolute Gasteiger partial charge is 0.161 e. The summed E-state index contributed by atoms with van der Waals surface area (Å²) in [6, 6.07) is 49.4. The number of hydrogen-bond acceptors (Lipinski definition) is 3. The summed E-state index contributed by atoms with van der Waals surface area (Å²) in [6.45, 7) is 0. The van der Waals surface area contributed by atoms with Crippen molar-refractivity contribution in [2.45, 2.75) is 0 Å². The van der Waals surface area contributed by atoms with Crippen LogP contribution in [0.15, 0.2) is 140 Å². The van der Waals surface area contributed by atoms with E-state index in [1.54, 1.807) is 0 Å². The molecule has 9 aromatic rings. The van der Waals surface area contributed by atoms with Gasteiger partial charge in [-0.05, 0) is 36.4 Å². The molecule has 0 saturated heterocycles. The Hall–Kier alpha value is -5.32. The van der Waals surface area contributed by atoms with E-state index in [-0.39, 0.29) is 0 Å². The van der Waals surface area contributed by atoms with Gasteiger partial charge in [-0.2, -0.15) is 0 Å². The fraction of sp³-hybridized carbons (Fsp3) is 0. The summed E-state index contributed by atoms with van der Waals surface area (Å²) in [7, 11) is 0. The van der Waals surface area contributed by atoms with E-state index < -0.39 is 0 Å². The monoisotopic (exact) mass is 553 g/mol. The van der Waals surface area contributed by atoms with Gasteiger partial charge in [0.05, 0.1) is 22.2 Å². The normalized spacial score (nSPS) is 11.8. The lowest BCUT2D eigenvalue weighted by atomic mass is 10.0. The first-order chi connectivity index (χ1) is 20.8. The zero-order valence-corrected chi connectivity index (χ0v) is 23.3. The maximum atomic E-state index is 5.30. The molecule has 0 aliphatic rings. The lowest BCUT2D eigenvalue weighted by Crippen LogP contribution is -1.98. The summed E-state index contributed by atoms with van der Waals surface area (Å²) in [5, 5.41) is 6.03. The molecule has 9 rings (SSSR count). The Labute approximate surface area is 246 Å². The highest BCUT2D eigenvalue weighted by molar-refractivity contribution is 7.26. The standard InChI is InChI=1S/C38H23N3S/c1-2-12-24(13-3-1)36-29-17-4-8-18-32(29)39-38(40-36)31-23-25(22-30-28-16-7-11-21-35(28)42-37(30)31)41-33-19-9-5-14-26(33)27-15-6-10-20-34(27)41/h1-23H. The summed E-state index contributed by atoms with van der Waals surface area (Å²) < 4.78 is 4.85. The highest BCUT2D eigenvalue weighted by Gasteiger charge is 2.19. The van der Waals surface area contributed by atoms with Crippen molar-refractivity contribution in [1.82, 2.24) is 14.5 Å². The molecule has 196 valence electrons. The maximum absolute atomic E-state index is 5.30. The van der Waals surface area contributed by atoms with Crippen molar-refractivity contribution in [3.05, 3.63) is 140 Å². The van der Waals surface area contributed by atoms with E-state index in [0.29, 0.717) is 0 Å². The molecule has 0 N–H and O–H groups in total. The molecule has 0 atom stereocenters. The molecule has 4 heteroatoms. The molecule has 6 aromatic carbocycles. The molecule has 0 radical (unpaired) electrons. The Morgan fingerprint density at radius 3 is 1.88 bits per heavy atom. The number of fused-ring (bicyclic) bond motifs is 7. The molecule has 0 spiro atoms. The van der Waals surface area contributed by atoms with Crippen molar-refractivity contribution in [3.63, 3.8) is 0 Å². The Bertz CT molecular complexity index is 2420. The minimum Gasteiger partial charge on any atom is -0.309 e. The maximum Gasteiger partial charge on any atom is 0.161 e. The van der Waals surface area contributed by atoms with Crippen LogP contribution in [-0.4, -0.2) is 14.5 Å². The van der Waals surface area contributed by atoms with Gasteiger partial charge in [0.15, 0.2) is 5.82 Å². The van der Waals surface area contributed by atoms with Crippen LogP contribution in [0.3, 0.4) is 0 Å². The van der Waals surface area contributed by atoms with Crippen molar-refractivity contribution in [3.8, 4) is 28.3 Å². The Morgan fingerprint density at radius 1 is 0.500 bits per heavy atom. The zero-order valence-electron chi connectivity index (χ0n) is 22.5. The number of thiophene rings is 1. The van der Waals surface area contributed by atoms with Crippen LogP contribution in [0, 0.1) is 0 Å². The van der Waals surface area contributed by atoms with Gasteiger partial charge in [0.25, 0.3) is 0 Å². The minimum absolute atomic E-state index is 0.742. The molecule has 0 fully saturated rings. The van der Waals surface area contributed by atoms with Crippen molar-refractivity contribution in [2.24, 2.45) is 0 Å². The molecule has 3 nitrogen and oxygen atoms in total. The Kier molecular flexibility index (Phi) is 5.07. The van der Waals surface area contributed by atoms with Crippen LogP contribution in [0.2, 0.25) is 0 Å². The van der Waals surface area contributed by atoms with Gasteiger partial charge in [-0.15, -0.1) is 11.3 Å². The molecule has 3 aromatic heterocycles. The molecule has 0 aliphatic carbocycles. The number of benzene rings is 6. The van der Waals surface area contributed by atoms with E-state index in [2.05, 4.69) is 138 Å². The van der Waals surface area contributed by atoms with Gasteiger partial charge in [0.2, 0.25) is 0 Å². The van der Waals surface area contributed by atoms with Crippen molar-refractivity contribution in [1.29, 1.82) is 0 Å². The lowest BCUT2D eigenvalue weighted by molar-refractivity contribution is 1.18. The van der Waals surface area contributed by atoms with Crippen LogP contribution >= 0.6 is 11.3 Å². The van der Waals surface area contributed by atoms with E-state index in [4.69, 9.17) is 9.97 Å². The van der Waals surface area contributed by atoms with Crippen LogP contribution in [0.5, 0.6) is 0 Å². The van der Waals surface area contributed by atoms with E-state index in [1.807, 2.05) is 17.4 Å². The van der Waals surface area contributed by atoms with Gasteiger partial charge in [0, 0.05) is 53.1 Å². The highest BCUT2D eigenvalue weighted by atomic mass is 32.1. The number of para-hydroxylation sites is 3. The lowest BCUT2D eigenvalue weighted by Gasteiger charge is -2.13. The average Bonchev–Trinajstić information content (AvgIpc) is 3.60. The van der Waals surface area contributed by atoms with E-state index in [0.717, 1.165) is 39.2 Å².